The number of hydrogen-bond donors (Lipinski definition) is 2. The van der Waals surface area contributed by atoms with E-state index in [1.54, 1.807) is 0 Å². The average molecular weight is 352 g/mol. The number of carbonyl (C=O) groups is 1. The third kappa shape index (κ3) is 7.22. The molecule has 2 atom stereocenters. The first-order chi connectivity index (χ1) is 12.1. The number of carbonyl (C=O) groups excluding carboxylic acids is 1. The Kier molecular flexibility index (Phi) is 8.52. The van der Waals surface area contributed by atoms with E-state index in [4.69, 9.17) is 0 Å². The molecule has 0 radical (unpaired) electrons. The Morgan fingerprint density at radius 2 is 1.80 bits per heavy atom. The summed E-state index contributed by atoms with van der Waals surface area (Å²) < 4.78 is 0. The van der Waals surface area contributed by atoms with Crippen LogP contribution in [0.1, 0.15) is 46.5 Å². The molecule has 0 aromatic rings. The van der Waals surface area contributed by atoms with E-state index in [9.17, 15) is 4.79 Å². The average Bonchev–Trinajstić information content (AvgIpc) is 3.10. The number of piperidine rings is 1. The highest BCUT2D eigenvalue weighted by Gasteiger charge is 2.21. The molecule has 2 aliphatic rings. The molecule has 2 N–H and O–H groups in total. The van der Waals surface area contributed by atoms with Gasteiger partial charge in [0.25, 0.3) is 0 Å². The van der Waals surface area contributed by atoms with Gasteiger partial charge < -0.3 is 20.4 Å². The smallest absolute Gasteiger partial charge is 0.244 e. The second-order valence-electron chi connectivity index (χ2n) is 7.77. The van der Waals surface area contributed by atoms with Crippen LogP contribution in [-0.4, -0.2) is 74.0 Å². The van der Waals surface area contributed by atoms with Gasteiger partial charge in [0, 0.05) is 39.3 Å². The van der Waals surface area contributed by atoms with Crippen LogP contribution in [0, 0.1) is 11.8 Å². The summed E-state index contributed by atoms with van der Waals surface area (Å²) in [6, 6.07) is 0. The number of amides is 1. The maximum absolute atomic E-state index is 12.1. The summed E-state index contributed by atoms with van der Waals surface area (Å²) in [6.07, 6.45) is 4.71. The topological polar surface area (TPSA) is 60.0 Å². The Balaban J connectivity index is 1.67. The lowest BCUT2D eigenvalue weighted by molar-refractivity contribution is -0.128. The number of likely N-dealkylation sites (tertiary alicyclic amines) is 2. The van der Waals surface area contributed by atoms with Crippen LogP contribution in [0.5, 0.6) is 0 Å². The Bertz CT molecular complexity index is 424. The number of rotatable bonds is 7. The highest BCUT2D eigenvalue weighted by atomic mass is 16.2. The molecule has 2 unspecified atom stereocenters. The lowest BCUT2D eigenvalue weighted by atomic mass is 9.92. The van der Waals surface area contributed by atoms with Gasteiger partial charge in [-0.3, -0.25) is 4.79 Å². The highest BCUT2D eigenvalue weighted by molar-refractivity contribution is 5.85. The van der Waals surface area contributed by atoms with Crippen LogP contribution >= 0.6 is 0 Å². The SMILES string of the molecule is CCNC(=NCC(=O)N1CCCC1)NCCCN1CC(C)CC(C)C1. The van der Waals surface area contributed by atoms with Crippen molar-refractivity contribution in [2.24, 2.45) is 16.8 Å². The third-order valence-electron chi connectivity index (χ3n) is 5.06. The molecule has 2 saturated heterocycles. The van der Waals surface area contributed by atoms with E-state index in [1.807, 2.05) is 4.90 Å². The number of nitrogens with one attached hydrogen (secondary N) is 2. The first-order valence-corrected chi connectivity index (χ1v) is 10.1. The number of hydrogen-bond acceptors (Lipinski definition) is 3. The summed E-state index contributed by atoms with van der Waals surface area (Å²) in [5.41, 5.74) is 0. The van der Waals surface area contributed by atoms with Gasteiger partial charge in [0.15, 0.2) is 5.96 Å². The van der Waals surface area contributed by atoms with Crippen LogP contribution in [0.3, 0.4) is 0 Å². The van der Waals surface area contributed by atoms with Crippen molar-refractivity contribution in [3.63, 3.8) is 0 Å². The van der Waals surface area contributed by atoms with Crippen LogP contribution in [0.25, 0.3) is 0 Å². The van der Waals surface area contributed by atoms with E-state index in [1.165, 1.54) is 19.5 Å². The zero-order valence-electron chi connectivity index (χ0n) is 16.4. The van der Waals surface area contributed by atoms with Crippen molar-refractivity contribution < 1.29 is 4.79 Å². The summed E-state index contributed by atoms with van der Waals surface area (Å²) in [5.74, 6) is 2.53. The summed E-state index contributed by atoms with van der Waals surface area (Å²) in [4.78, 5) is 21.1. The van der Waals surface area contributed by atoms with Crippen LogP contribution < -0.4 is 10.6 Å². The highest BCUT2D eigenvalue weighted by Crippen LogP contribution is 2.20. The molecule has 0 bridgehead atoms. The first-order valence-electron chi connectivity index (χ1n) is 10.1. The molecule has 0 spiro atoms. The normalized spacial score (nSPS) is 25.2. The fraction of sp³-hybridized carbons (Fsp3) is 0.895. The van der Waals surface area contributed by atoms with Crippen molar-refractivity contribution in [1.29, 1.82) is 0 Å². The van der Waals surface area contributed by atoms with E-state index < -0.39 is 0 Å². The minimum Gasteiger partial charge on any atom is -0.357 e. The molecule has 0 aromatic carbocycles. The fourth-order valence-corrected chi connectivity index (χ4v) is 4.04. The molecule has 25 heavy (non-hydrogen) atoms. The molecular weight excluding hydrogens is 314 g/mol. The van der Waals surface area contributed by atoms with Crippen molar-refractivity contribution in [2.75, 3.05) is 52.4 Å². The van der Waals surface area contributed by atoms with Gasteiger partial charge in [0.2, 0.25) is 5.91 Å². The Morgan fingerprint density at radius 1 is 1.12 bits per heavy atom. The number of aliphatic imine (C=N–C) groups is 1. The fourth-order valence-electron chi connectivity index (χ4n) is 4.04. The van der Waals surface area contributed by atoms with Gasteiger partial charge in [-0.1, -0.05) is 13.8 Å². The van der Waals surface area contributed by atoms with Gasteiger partial charge in [-0.05, 0) is 51.0 Å². The monoisotopic (exact) mass is 351 g/mol. The van der Waals surface area contributed by atoms with Crippen LogP contribution in [-0.2, 0) is 4.79 Å². The first kappa shape index (κ1) is 20.0. The Morgan fingerprint density at radius 3 is 2.44 bits per heavy atom. The van der Waals surface area contributed by atoms with Crippen LogP contribution in [0.15, 0.2) is 4.99 Å². The lowest BCUT2D eigenvalue weighted by Gasteiger charge is -2.35. The molecule has 6 heteroatoms. The van der Waals surface area contributed by atoms with E-state index >= 15 is 0 Å². The lowest BCUT2D eigenvalue weighted by Crippen LogP contribution is -2.42. The van der Waals surface area contributed by atoms with Crippen molar-refractivity contribution in [2.45, 2.75) is 46.5 Å². The predicted octanol–water partition coefficient (Wildman–Crippen LogP) is 1.53. The zero-order chi connectivity index (χ0) is 18.1. The molecule has 144 valence electrons. The van der Waals surface area contributed by atoms with Crippen LogP contribution in [0.2, 0.25) is 0 Å². The van der Waals surface area contributed by atoms with Crippen molar-refractivity contribution in [1.82, 2.24) is 20.4 Å². The van der Waals surface area contributed by atoms with E-state index in [-0.39, 0.29) is 12.5 Å². The Labute approximate surface area is 153 Å². The van der Waals surface area contributed by atoms with E-state index in [2.05, 4.69) is 41.3 Å². The minimum absolute atomic E-state index is 0.144. The molecule has 2 rings (SSSR count). The maximum Gasteiger partial charge on any atom is 0.244 e. The van der Waals surface area contributed by atoms with Gasteiger partial charge in [0.1, 0.15) is 6.54 Å². The number of guanidine groups is 1. The zero-order valence-corrected chi connectivity index (χ0v) is 16.4. The van der Waals surface area contributed by atoms with Gasteiger partial charge in [-0.25, -0.2) is 4.99 Å². The van der Waals surface area contributed by atoms with Crippen molar-refractivity contribution >= 4 is 11.9 Å². The second-order valence-corrected chi connectivity index (χ2v) is 7.77. The minimum atomic E-state index is 0.144. The summed E-state index contributed by atoms with van der Waals surface area (Å²) in [5, 5.41) is 6.61. The van der Waals surface area contributed by atoms with E-state index in [0.29, 0.717) is 0 Å². The number of nitrogens with zero attached hydrogens (tertiary/aromatic N) is 3. The largest absolute Gasteiger partial charge is 0.357 e. The molecular formula is C19H37N5O. The van der Waals surface area contributed by atoms with Gasteiger partial charge >= 0.3 is 0 Å². The molecule has 0 saturated carbocycles. The molecule has 2 aliphatic heterocycles. The van der Waals surface area contributed by atoms with Crippen LogP contribution in [0.4, 0.5) is 0 Å². The quantitative estimate of drug-likeness (QED) is 0.415. The molecule has 2 heterocycles. The van der Waals surface area contributed by atoms with E-state index in [0.717, 1.165) is 69.8 Å². The van der Waals surface area contributed by atoms with Gasteiger partial charge in [0.05, 0.1) is 0 Å². The van der Waals surface area contributed by atoms with Gasteiger partial charge in [-0.2, -0.15) is 0 Å². The third-order valence-corrected chi connectivity index (χ3v) is 5.06. The summed E-state index contributed by atoms with van der Waals surface area (Å²) in [7, 11) is 0. The Hall–Kier alpha value is -1.30. The maximum atomic E-state index is 12.1. The molecule has 0 aliphatic carbocycles. The van der Waals surface area contributed by atoms with Gasteiger partial charge in [-0.15, -0.1) is 0 Å². The second kappa shape index (κ2) is 10.6. The molecule has 1 amide bonds. The summed E-state index contributed by atoms with van der Waals surface area (Å²) in [6.45, 7) is 14.1. The molecule has 0 aromatic heterocycles. The van der Waals surface area contributed by atoms with Crippen molar-refractivity contribution in [3.8, 4) is 0 Å². The molecule has 6 nitrogen and oxygen atoms in total. The standard InChI is InChI=1S/C19H37N5O/c1-4-20-19(22-13-18(25)24-10-5-6-11-24)21-8-7-9-23-14-16(2)12-17(3)15-23/h16-17H,4-15H2,1-3H3,(H2,20,21,22). The summed E-state index contributed by atoms with van der Waals surface area (Å²) >= 11 is 0. The van der Waals surface area contributed by atoms with Crippen molar-refractivity contribution in [3.05, 3.63) is 0 Å². The molecule has 2 fully saturated rings. The predicted molar refractivity (Wildman–Crippen MR) is 104 cm³/mol.